The topological polar surface area (TPSA) is 219 Å². The molecule has 578 valence electrons. The van der Waals surface area contributed by atoms with Gasteiger partial charge in [0.25, 0.3) is 0 Å². The number of rotatable bonds is 17. The van der Waals surface area contributed by atoms with E-state index < -0.39 is 0 Å². The lowest BCUT2D eigenvalue weighted by Crippen LogP contribution is -2.01. The van der Waals surface area contributed by atoms with Crippen LogP contribution < -0.4 is 0 Å². The molecule has 0 saturated carbocycles. The Morgan fingerprint density at radius 2 is 0.262 bits per heavy atom. The maximum atomic E-state index is 5.02. The molecule has 0 aliphatic carbocycles. The minimum absolute atomic E-state index is 0.540. The normalized spacial score (nSPS) is 10.9. The van der Waals surface area contributed by atoms with Crippen LogP contribution in [-0.4, -0.2) is 84.7 Å². The highest BCUT2D eigenvalue weighted by atomic mass is 15.1. The van der Waals surface area contributed by atoms with Crippen LogP contribution in [0.1, 0.15) is 11.1 Å². The van der Waals surface area contributed by atoms with Gasteiger partial charge >= 0.3 is 0 Å². The fourth-order valence-corrected chi connectivity index (χ4v) is 14.2. The summed E-state index contributed by atoms with van der Waals surface area (Å²) >= 11 is 0. The standard InChI is InChI=1S/C39H29N5.C37H25N5.C29H19N7/c1-26-20-27(2)22-32(21-26)34-23-33(28-14-16-31(17-15-28)36-40-18-9-19-41-36)24-35(25-34)39-43-37(29-10-5-3-6-11-29)42-38(44-39)30-12-7-4-8-13-30;1-4-11-26(12-5-1)31-23-32(27-17-19-30(20-18-27)34-38-21-10-22-39-34)25-33(24-31)37-41-35(28-13-6-2-7-14-28)40-36(42-37)29-15-8-3-9-16-29;1-3-9-20(10-4-1)27-34-28(21-11-5-2-6-12-21)36-29(35-27)24-18-22(25-30-13-7-14-31-25)17-23(19-24)26-32-15-8-16-33-26/h3-25H,1-2H3;1-25H;1-19H. The van der Waals surface area contributed by atoms with Gasteiger partial charge in [-0.1, -0.05) is 290 Å². The van der Waals surface area contributed by atoms with Gasteiger partial charge in [0.05, 0.1) is 0 Å². The van der Waals surface area contributed by atoms with E-state index in [1.807, 2.05) is 218 Å². The lowest BCUT2D eigenvalue weighted by molar-refractivity contribution is 1.07. The lowest BCUT2D eigenvalue weighted by Gasteiger charge is -2.13. The molecule has 20 aromatic rings. The summed E-state index contributed by atoms with van der Waals surface area (Å²) in [6.07, 6.45) is 13.9. The van der Waals surface area contributed by atoms with Crippen LogP contribution in [0.4, 0.5) is 0 Å². The molecule has 0 spiro atoms. The molecule has 7 heterocycles. The molecule has 0 aliphatic rings. The summed E-state index contributed by atoms with van der Waals surface area (Å²) in [5.41, 5.74) is 23.0. The highest BCUT2D eigenvalue weighted by Gasteiger charge is 2.21. The van der Waals surface area contributed by atoms with Crippen molar-refractivity contribution < 1.29 is 0 Å². The summed E-state index contributed by atoms with van der Waals surface area (Å²) in [4.78, 5) is 79.7. The van der Waals surface area contributed by atoms with Crippen molar-refractivity contribution in [2.24, 2.45) is 0 Å². The molecule has 7 aromatic heterocycles. The first kappa shape index (κ1) is 76.5. The fourth-order valence-electron chi connectivity index (χ4n) is 14.2. The number of benzene rings is 13. The quantitative estimate of drug-likeness (QED) is 0.0827. The number of aromatic nitrogens is 17. The maximum Gasteiger partial charge on any atom is 0.164 e. The van der Waals surface area contributed by atoms with Crippen LogP contribution in [0, 0.1) is 13.8 Å². The summed E-state index contributed by atoms with van der Waals surface area (Å²) in [5, 5.41) is 0. The third kappa shape index (κ3) is 18.2. The Balaban J connectivity index is 0.000000126. The molecule has 0 atom stereocenters. The van der Waals surface area contributed by atoms with Crippen LogP contribution >= 0.6 is 0 Å². The monoisotopic (exact) mass is 1570 g/mol. The molecule has 0 fully saturated rings. The SMILES string of the molecule is Cc1cc(C)cc(-c2cc(-c3ccc(-c4ncccn4)cc3)cc(-c3nc(-c4ccccc4)nc(-c4ccccc4)n3)c2)c1.c1ccc(-c2cc(-c3ccc(-c4ncccn4)cc3)cc(-c3nc(-c4ccccc4)nc(-c4ccccc4)n3)c2)cc1.c1ccc(-c2nc(-c3ccccc3)nc(-c3cc(-c4ncccn4)cc(-c4ncccn4)c3)n2)cc1. The maximum absolute atomic E-state index is 5.02. The Morgan fingerprint density at radius 3 is 0.500 bits per heavy atom. The first-order valence-electron chi connectivity index (χ1n) is 39.7. The smallest absolute Gasteiger partial charge is 0.164 e. The molecular weight excluding hydrogens is 1500 g/mol. The molecule has 0 bridgehead atoms. The van der Waals surface area contributed by atoms with Crippen LogP contribution in [0.3, 0.4) is 0 Å². The van der Waals surface area contributed by atoms with Crippen molar-refractivity contribution in [2.75, 3.05) is 0 Å². The van der Waals surface area contributed by atoms with Crippen LogP contribution in [0.25, 0.3) is 193 Å². The molecule has 0 N–H and O–H groups in total. The Morgan fingerprint density at radius 1 is 0.115 bits per heavy atom. The summed E-state index contributed by atoms with van der Waals surface area (Å²) in [6.45, 7) is 4.27. The molecule has 122 heavy (non-hydrogen) atoms. The molecule has 0 radical (unpaired) electrons. The summed E-state index contributed by atoms with van der Waals surface area (Å²) in [7, 11) is 0. The van der Waals surface area contributed by atoms with Crippen LogP contribution in [0.5, 0.6) is 0 Å². The molecule has 0 unspecified atom stereocenters. The Labute approximate surface area is 705 Å². The van der Waals surface area contributed by atoms with Crippen LogP contribution in [-0.2, 0) is 0 Å². The van der Waals surface area contributed by atoms with Crippen molar-refractivity contribution in [1.29, 1.82) is 0 Å². The molecular formula is C105H73N17. The largest absolute Gasteiger partial charge is 0.237 e. The minimum Gasteiger partial charge on any atom is -0.237 e. The summed E-state index contributed by atoms with van der Waals surface area (Å²) < 4.78 is 0. The van der Waals surface area contributed by atoms with Crippen molar-refractivity contribution in [1.82, 2.24) is 84.7 Å². The van der Waals surface area contributed by atoms with E-state index in [-0.39, 0.29) is 0 Å². The van der Waals surface area contributed by atoms with Gasteiger partial charge in [-0.15, -0.1) is 0 Å². The second-order valence-electron chi connectivity index (χ2n) is 28.7. The molecule has 0 amide bonds. The number of hydrogen-bond acceptors (Lipinski definition) is 17. The van der Waals surface area contributed by atoms with E-state index in [2.05, 4.69) is 181 Å². The van der Waals surface area contributed by atoms with Crippen LogP contribution in [0.15, 0.2) is 407 Å². The van der Waals surface area contributed by atoms with Gasteiger partial charge in [0.15, 0.2) is 75.7 Å². The summed E-state index contributed by atoms with van der Waals surface area (Å²) in [6, 6.07) is 120. The van der Waals surface area contributed by atoms with E-state index in [0.717, 1.165) is 117 Å². The van der Waals surface area contributed by atoms with Gasteiger partial charge in [-0.3, -0.25) is 0 Å². The molecule has 0 aliphatic heterocycles. The van der Waals surface area contributed by atoms with Crippen molar-refractivity contribution in [3.05, 3.63) is 419 Å². The van der Waals surface area contributed by atoms with E-state index in [1.54, 1.807) is 61.7 Å². The molecule has 17 heteroatoms. The zero-order valence-corrected chi connectivity index (χ0v) is 66.3. The van der Waals surface area contributed by atoms with Crippen molar-refractivity contribution in [3.63, 3.8) is 0 Å². The molecule has 17 nitrogen and oxygen atoms in total. The first-order valence-corrected chi connectivity index (χ1v) is 39.7. The van der Waals surface area contributed by atoms with E-state index in [9.17, 15) is 0 Å². The molecule has 20 rings (SSSR count). The third-order valence-corrected chi connectivity index (χ3v) is 20.1. The Hall–Kier alpha value is -16.8. The van der Waals surface area contributed by atoms with Crippen LogP contribution in [0.2, 0.25) is 0 Å². The number of aryl methyl sites for hydroxylation is 2. The molecule has 13 aromatic carbocycles. The average Bonchev–Trinajstić information content (AvgIpc) is 0.784. The van der Waals surface area contributed by atoms with Gasteiger partial charge < -0.3 is 0 Å². The van der Waals surface area contributed by atoms with Gasteiger partial charge in [-0.2, -0.15) is 0 Å². The van der Waals surface area contributed by atoms with E-state index in [4.69, 9.17) is 44.9 Å². The zero-order chi connectivity index (χ0) is 82.2. The first-order chi connectivity index (χ1) is 60.2. The predicted octanol–water partition coefficient (Wildman–Crippen LogP) is 23.7. The number of nitrogens with zero attached hydrogens (tertiary/aromatic N) is 17. The van der Waals surface area contributed by atoms with Gasteiger partial charge in [0, 0.05) is 122 Å². The number of hydrogen-bond donors (Lipinski definition) is 0. The Bertz CT molecular complexity index is 6570. The summed E-state index contributed by atoms with van der Waals surface area (Å²) in [5.74, 6) is 8.13. The van der Waals surface area contributed by atoms with E-state index in [0.29, 0.717) is 75.7 Å². The second-order valence-corrected chi connectivity index (χ2v) is 28.7. The average molecular weight is 1570 g/mol. The second kappa shape index (κ2) is 36.2. The highest BCUT2D eigenvalue weighted by Crippen LogP contribution is 2.39. The van der Waals surface area contributed by atoms with E-state index >= 15 is 0 Å². The Kier molecular flexibility index (Phi) is 22.7. The van der Waals surface area contributed by atoms with Crippen molar-refractivity contribution in [3.8, 4) is 193 Å². The van der Waals surface area contributed by atoms with E-state index in [1.165, 1.54) is 11.1 Å². The minimum atomic E-state index is 0.540. The van der Waals surface area contributed by atoms with Gasteiger partial charge in [0.1, 0.15) is 0 Å². The highest BCUT2D eigenvalue weighted by molar-refractivity contribution is 5.84. The fraction of sp³-hybridized carbons (Fsp3) is 0.0190. The zero-order valence-electron chi connectivity index (χ0n) is 66.3. The molecule has 0 saturated heterocycles. The lowest BCUT2D eigenvalue weighted by atomic mass is 9.94. The van der Waals surface area contributed by atoms with Crippen molar-refractivity contribution in [2.45, 2.75) is 13.8 Å². The van der Waals surface area contributed by atoms with Crippen molar-refractivity contribution >= 4 is 0 Å². The third-order valence-electron chi connectivity index (χ3n) is 20.1. The predicted molar refractivity (Wildman–Crippen MR) is 484 cm³/mol. The van der Waals surface area contributed by atoms with Gasteiger partial charge in [-0.25, -0.2) is 84.7 Å². The van der Waals surface area contributed by atoms with Gasteiger partial charge in [0.2, 0.25) is 0 Å². The van der Waals surface area contributed by atoms with Gasteiger partial charge in [-0.05, 0) is 137 Å².